The fraction of sp³-hybridized carbons (Fsp3) is 0.364. The van der Waals surface area contributed by atoms with Gasteiger partial charge in [0.05, 0.1) is 0 Å². The molecule has 1 aromatic rings. The lowest BCUT2D eigenvalue weighted by molar-refractivity contribution is 0.0932. The number of carbonyl (C=O) groups is 1. The highest BCUT2D eigenvalue weighted by Crippen LogP contribution is 2.24. The van der Waals surface area contributed by atoms with Crippen molar-refractivity contribution in [3.05, 3.63) is 35.9 Å². The number of rotatable bonds is 2. The molecule has 1 aromatic carbocycles. The molecule has 0 bridgehead atoms. The summed E-state index contributed by atoms with van der Waals surface area (Å²) < 4.78 is 0. The standard InChI is InChI=1S/C11H14OSi/c12-11(10-6-7-13-8-10)9-4-2-1-3-5-9/h1-5,10H,6-8,13H2. The average Bonchev–Trinajstić information content (AvgIpc) is 2.71. The van der Waals surface area contributed by atoms with Crippen LogP contribution in [0.4, 0.5) is 0 Å². The van der Waals surface area contributed by atoms with Crippen molar-refractivity contribution in [3.8, 4) is 0 Å². The minimum atomic E-state index is 0.127. The third-order valence-electron chi connectivity index (χ3n) is 2.78. The summed E-state index contributed by atoms with van der Waals surface area (Å²) in [6.45, 7) is 0. The summed E-state index contributed by atoms with van der Waals surface area (Å²) in [6.07, 6.45) is 1.15. The molecule has 1 saturated heterocycles. The fourth-order valence-electron chi connectivity index (χ4n) is 2.03. The quantitative estimate of drug-likeness (QED) is 0.514. The zero-order chi connectivity index (χ0) is 9.10. The van der Waals surface area contributed by atoms with E-state index in [1.54, 1.807) is 0 Å². The van der Waals surface area contributed by atoms with Gasteiger partial charge in [0, 0.05) is 21.0 Å². The van der Waals surface area contributed by atoms with Crippen molar-refractivity contribution in [2.24, 2.45) is 5.92 Å². The Morgan fingerprint density at radius 2 is 2.08 bits per heavy atom. The van der Waals surface area contributed by atoms with Crippen LogP contribution in [-0.4, -0.2) is 15.3 Å². The Morgan fingerprint density at radius 1 is 1.31 bits per heavy atom. The van der Waals surface area contributed by atoms with Gasteiger partial charge in [-0.05, 0) is 6.42 Å². The van der Waals surface area contributed by atoms with Crippen LogP contribution >= 0.6 is 0 Å². The minimum Gasteiger partial charge on any atom is -0.294 e. The topological polar surface area (TPSA) is 17.1 Å². The Balaban J connectivity index is 2.13. The van der Waals surface area contributed by atoms with E-state index >= 15 is 0 Å². The van der Waals surface area contributed by atoms with Gasteiger partial charge in [-0.15, -0.1) is 0 Å². The Morgan fingerprint density at radius 3 is 2.69 bits per heavy atom. The van der Waals surface area contributed by atoms with Crippen molar-refractivity contribution in [1.29, 1.82) is 0 Å². The van der Waals surface area contributed by atoms with E-state index in [9.17, 15) is 4.79 Å². The summed E-state index contributed by atoms with van der Waals surface area (Å²) in [7, 11) is 0.127. The van der Waals surface area contributed by atoms with Gasteiger partial charge in [-0.3, -0.25) is 4.79 Å². The van der Waals surface area contributed by atoms with Gasteiger partial charge in [0.1, 0.15) is 0 Å². The molecule has 1 heterocycles. The molecule has 0 spiro atoms. The zero-order valence-electron chi connectivity index (χ0n) is 7.70. The maximum Gasteiger partial charge on any atom is 0.165 e. The van der Waals surface area contributed by atoms with E-state index in [0.717, 1.165) is 12.0 Å². The smallest absolute Gasteiger partial charge is 0.165 e. The lowest BCUT2D eigenvalue weighted by Gasteiger charge is -2.06. The highest BCUT2D eigenvalue weighted by molar-refractivity contribution is 6.37. The van der Waals surface area contributed by atoms with Gasteiger partial charge in [-0.25, -0.2) is 0 Å². The fourth-order valence-corrected chi connectivity index (χ4v) is 4.14. The van der Waals surface area contributed by atoms with Crippen molar-refractivity contribution < 1.29 is 4.79 Å². The van der Waals surface area contributed by atoms with Crippen LogP contribution in [0, 0.1) is 5.92 Å². The first-order chi connectivity index (χ1) is 6.38. The molecule has 0 radical (unpaired) electrons. The van der Waals surface area contributed by atoms with E-state index in [4.69, 9.17) is 0 Å². The highest BCUT2D eigenvalue weighted by Gasteiger charge is 2.23. The molecule has 2 rings (SSSR count). The normalized spacial score (nSPS) is 23.5. The van der Waals surface area contributed by atoms with Crippen LogP contribution in [0.15, 0.2) is 30.3 Å². The van der Waals surface area contributed by atoms with Gasteiger partial charge >= 0.3 is 0 Å². The number of carbonyl (C=O) groups excluding carboxylic acids is 1. The van der Waals surface area contributed by atoms with Crippen molar-refractivity contribution in [2.45, 2.75) is 18.5 Å². The molecule has 1 unspecified atom stereocenters. The van der Waals surface area contributed by atoms with Crippen molar-refractivity contribution in [2.75, 3.05) is 0 Å². The first-order valence-corrected chi connectivity index (χ1v) is 6.97. The second-order valence-corrected chi connectivity index (χ2v) is 5.70. The molecule has 13 heavy (non-hydrogen) atoms. The van der Waals surface area contributed by atoms with Gasteiger partial charge < -0.3 is 0 Å². The summed E-state index contributed by atoms with van der Waals surface area (Å²) in [4.78, 5) is 11.9. The zero-order valence-corrected chi connectivity index (χ0v) is 9.11. The number of Topliss-reactive ketones (excluding diaryl/α,β-unsaturated/α-hetero) is 1. The van der Waals surface area contributed by atoms with Gasteiger partial charge in [0.2, 0.25) is 0 Å². The van der Waals surface area contributed by atoms with Crippen LogP contribution in [0.1, 0.15) is 16.8 Å². The van der Waals surface area contributed by atoms with Crippen molar-refractivity contribution in [1.82, 2.24) is 0 Å². The second-order valence-electron chi connectivity index (χ2n) is 3.71. The third-order valence-corrected chi connectivity index (χ3v) is 4.80. The van der Waals surface area contributed by atoms with Gasteiger partial charge in [0.25, 0.3) is 0 Å². The Kier molecular flexibility index (Phi) is 2.59. The summed E-state index contributed by atoms with van der Waals surface area (Å²) in [6, 6.07) is 12.3. The van der Waals surface area contributed by atoms with Crippen LogP contribution in [0.25, 0.3) is 0 Å². The Bertz CT molecular complexity index is 288. The number of benzene rings is 1. The largest absolute Gasteiger partial charge is 0.294 e. The van der Waals surface area contributed by atoms with Crippen LogP contribution in [0.3, 0.4) is 0 Å². The molecule has 0 saturated carbocycles. The Hall–Kier alpha value is -0.893. The van der Waals surface area contributed by atoms with Gasteiger partial charge in [-0.2, -0.15) is 0 Å². The van der Waals surface area contributed by atoms with E-state index in [1.807, 2.05) is 30.3 Å². The lowest BCUT2D eigenvalue weighted by Crippen LogP contribution is -2.10. The van der Waals surface area contributed by atoms with E-state index in [-0.39, 0.29) is 9.52 Å². The van der Waals surface area contributed by atoms with Crippen molar-refractivity contribution in [3.63, 3.8) is 0 Å². The molecule has 1 aliphatic rings. The first-order valence-electron chi connectivity index (χ1n) is 4.97. The van der Waals surface area contributed by atoms with Gasteiger partial charge in [-0.1, -0.05) is 42.4 Å². The SMILES string of the molecule is O=C(c1ccccc1)C1CC[SiH2]C1. The summed E-state index contributed by atoms with van der Waals surface area (Å²) in [5.41, 5.74) is 0.906. The monoisotopic (exact) mass is 190 g/mol. The molecule has 0 N–H and O–H groups in total. The van der Waals surface area contributed by atoms with E-state index in [0.29, 0.717) is 11.7 Å². The number of hydrogen-bond acceptors (Lipinski definition) is 1. The molecule has 1 aliphatic heterocycles. The van der Waals surface area contributed by atoms with E-state index in [1.165, 1.54) is 12.1 Å². The molecule has 0 amide bonds. The molecular formula is C11H14OSi. The molecule has 68 valence electrons. The minimum absolute atomic E-state index is 0.127. The summed E-state index contributed by atoms with van der Waals surface area (Å²) in [5, 5.41) is 0. The average molecular weight is 190 g/mol. The maximum absolute atomic E-state index is 11.9. The third kappa shape index (κ3) is 1.88. The van der Waals surface area contributed by atoms with E-state index in [2.05, 4.69) is 0 Å². The van der Waals surface area contributed by atoms with Crippen LogP contribution in [-0.2, 0) is 0 Å². The first kappa shape index (κ1) is 8.69. The molecular weight excluding hydrogens is 176 g/mol. The summed E-state index contributed by atoms with van der Waals surface area (Å²) >= 11 is 0. The van der Waals surface area contributed by atoms with Crippen LogP contribution in [0.5, 0.6) is 0 Å². The summed E-state index contributed by atoms with van der Waals surface area (Å²) in [5.74, 6) is 0.750. The lowest BCUT2D eigenvalue weighted by atomic mass is 9.97. The molecule has 2 heteroatoms. The second kappa shape index (κ2) is 3.88. The predicted molar refractivity (Wildman–Crippen MR) is 57.0 cm³/mol. The van der Waals surface area contributed by atoms with E-state index < -0.39 is 0 Å². The predicted octanol–water partition coefficient (Wildman–Crippen LogP) is 1.89. The van der Waals surface area contributed by atoms with Crippen LogP contribution in [0.2, 0.25) is 12.1 Å². The molecule has 0 aromatic heterocycles. The Labute approximate surface area is 81.0 Å². The highest BCUT2D eigenvalue weighted by atomic mass is 28.2. The van der Waals surface area contributed by atoms with Crippen molar-refractivity contribution >= 4 is 15.3 Å². The van der Waals surface area contributed by atoms with Crippen LogP contribution < -0.4 is 0 Å². The maximum atomic E-state index is 11.9. The number of hydrogen-bond donors (Lipinski definition) is 0. The number of ketones is 1. The van der Waals surface area contributed by atoms with Gasteiger partial charge in [0.15, 0.2) is 5.78 Å². The molecule has 1 nitrogen and oxygen atoms in total. The molecule has 0 aliphatic carbocycles. The molecule has 1 fully saturated rings. The molecule has 1 atom stereocenters.